The van der Waals surface area contributed by atoms with Crippen molar-refractivity contribution in [3.05, 3.63) is 29.8 Å². The van der Waals surface area contributed by atoms with Gasteiger partial charge in [-0.25, -0.2) is 0 Å². The van der Waals surface area contributed by atoms with Crippen LogP contribution in [0.3, 0.4) is 0 Å². The minimum absolute atomic E-state index is 0.0135. The molecule has 2 rings (SSSR count). The van der Waals surface area contributed by atoms with E-state index in [1.165, 1.54) is 12.1 Å². The van der Waals surface area contributed by atoms with Gasteiger partial charge in [0.15, 0.2) is 0 Å². The number of benzene rings is 1. The Morgan fingerprint density at radius 1 is 1.35 bits per heavy atom. The highest BCUT2D eigenvalue weighted by atomic mass is 35.5. The van der Waals surface area contributed by atoms with Gasteiger partial charge in [0.25, 0.3) is 0 Å². The number of ether oxygens (including phenoxy) is 1. The molecular weight excluding hydrogens is 276 g/mol. The maximum atomic E-state index is 12.4. The van der Waals surface area contributed by atoms with E-state index in [1.807, 2.05) is 0 Å². The molecule has 1 aliphatic carbocycles. The zero-order valence-corrected chi connectivity index (χ0v) is 10.1. The van der Waals surface area contributed by atoms with Crippen LogP contribution >= 0.6 is 23.2 Å². The normalized spacial score (nSPS) is 22.3. The Morgan fingerprint density at radius 2 is 2.00 bits per heavy atom. The molecule has 0 amide bonds. The summed E-state index contributed by atoms with van der Waals surface area (Å²) in [6.07, 6.45) is -3.75. The lowest BCUT2D eigenvalue weighted by atomic mass is 10.2. The van der Waals surface area contributed by atoms with Gasteiger partial charge in [-0.15, -0.1) is 23.2 Å². The van der Waals surface area contributed by atoms with Crippen LogP contribution in [0.5, 0.6) is 5.75 Å². The van der Waals surface area contributed by atoms with Gasteiger partial charge in [-0.05, 0) is 24.6 Å². The fraction of sp³-hybridized carbons (Fsp3) is 0.455. The van der Waals surface area contributed by atoms with Crippen LogP contribution in [-0.4, -0.2) is 10.9 Å². The molecule has 0 spiro atoms. The van der Waals surface area contributed by atoms with Crippen molar-refractivity contribution in [3.8, 4) is 5.75 Å². The van der Waals surface area contributed by atoms with Crippen molar-refractivity contribution in [2.24, 2.45) is 5.92 Å². The first-order valence-corrected chi connectivity index (χ1v) is 5.72. The van der Waals surface area contributed by atoms with Crippen molar-refractivity contribution in [1.29, 1.82) is 0 Å². The summed E-state index contributed by atoms with van der Waals surface area (Å²) in [5, 5.41) is 0. The first-order chi connectivity index (χ1) is 7.79. The zero-order chi connectivity index (χ0) is 12.7. The largest absolute Gasteiger partial charge is 0.493 e. The van der Waals surface area contributed by atoms with Crippen molar-refractivity contribution in [2.45, 2.75) is 16.9 Å². The molecule has 1 atom stereocenters. The maximum Gasteiger partial charge on any atom is 0.416 e. The standard InChI is InChI=1S/C11H9Cl2F3O/c12-10(13)5-8(10)6-17-9-3-1-2-7(4-9)11(14,15)16/h1-4,8H,5-6H2. The summed E-state index contributed by atoms with van der Waals surface area (Å²) in [6.45, 7) is 0.230. The van der Waals surface area contributed by atoms with Gasteiger partial charge in [0.05, 0.1) is 12.2 Å². The molecule has 0 N–H and O–H groups in total. The van der Waals surface area contributed by atoms with Crippen molar-refractivity contribution in [3.63, 3.8) is 0 Å². The highest BCUT2D eigenvalue weighted by molar-refractivity contribution is 6.50. The van der Waals surface area contributed by atoms with E-state index in [0.717, 1.165) is 12.1 Å². The van der Waals surface area contributed by atoms with Crippen LogP contribution in [0.2, 0.25) is 0 Å². The number of hydrogen-bond donors (Lipinski definition) is 0. The molecule has 1 nitrogen and oxygen atoms in total. The summed E-state index contributed by atoms with van der Waals surface area (Å²) in [6, 6.07) is 4.74. The summed E-state index contributed by atoms with van der Waals surface area (Å²) in [7, 11) is 0. The van der Waals surface area contributed by atoms with E-state index in [4.69, 9.17) is 27.9 Å². The van der Waals surface area contributed by atoms with E-state index in [1.54, 1.807) is 0 Å². The van der Waals surface area contributed by atoms with Crippen LogP contribution in [0.1, 0.15) is 12.0 Å². The van der Waals surface area contributed by atoms with Gasteiger partial charge in [0, 0.05) is 5.92 Å². The number of rotatable bonds is 3. The van der Waals surface area contributed by atoms with E-state index < -0.39 is 16.1 Å². The molecule has 94 valence electrons. The van der Waals surface area contributed by atoms with E-state index in [0.29, 0.717) is 6.42 Å². The second kappa shape index (κ2) is 4.25. The van der Waals surface area contributed by atoms with Crippen LogP contribution in [-0.2, 0) is 6.18 Å². The van der Waals surface area contributed by atoms with Gasteiger partial charge in [-0.2, -0.15) is 13.2 Å². The summed E-state index contributed by atoms with van der Waals surface area (Å²) in [5.41, 5.74) is -0.728. The lowest BCUT2D eigenvalue weighted by Gasteiger charge is -2.10. The molecular formula is C11H9Cl2F3O. The smallest absolute Gasteiger partial charge is 0.416 e. The summed E-state index contributed by atoms with van der Waals surface area (Å²) in [4.78, 5) is 0. The Balaban J connectivity index is 1.98. The van der Waals surface area contributed by atoms with E-state index in [-0.39, 0.29) is 18.3 Å². The third kappa shape index (κ3) is 3.19. The molecule has 1 unspecified atom stereocenters. The Kier molecular flexibility index (Phi) is 3.21. The molecule has 0 saturated heterocycles. The molecule has 1 aromatic carbocycles. The molecule has 0 radical (unpaired) electrons. The third-order valence-corrected chi connectivity index (χ3v) is 3.49. The quantitative estimate of drug-likeness (QED) is 0.753. The number of hydrogen-bond acceptors (Lipinski definition) is 1. The average Bonchev–Trinajstić information content (AvgIpc) is 2.83. The molecule has 0 aliphatic heterocycles. The zero-order valence-electron chi connectivity index (χ0n) is 8.60. The fourth-order valence-electron chi connectivity index (χ4n) is 1.41. The van der Waals surface area contributed by atoms with Gasteiger partial charge in [-0.3, -0.25) is 0 Å². The van der Waals surface area contributed by atoms with Crippen LogP contribution in [0.4, 0.5) is 13.2 Å². The Hall–Kier alpha value is -0.610. The molecule has 1 saturated carbocycles. The van der Waals surface area contributed by atoms with Crippen LogP contribution in [0.25, 0.3) is 0 Å². The van der Waals surface area contributed by atoms with Gasteiger partial charge in [0.2, 0.25) is 0 Å². The van der Waals surface area contributed by atoms with E-state index >= 15 is 0 Å². The fourth-order valence-corrected chi connectivity index (χ4v) is 1.91. The van der Waals surface area contributed by atoms with E-state index in [9.17, 15) is 13.2 Å². The highest BCUT2D eigenvalue weighted by Gasteiger charge is 2.52. The molecule has 0 bridgehead atoms. The Morgan fingerprint density at radius 3 is 2.53 bits per heavy atom. The molecule has 1 aromatic rings. The summed E-state index contributed by atoms with van der Waals surface area (Å²) < 4.78 is 41.7. The van der Waals surface area contributed by atoms with Crippen molar-refractivity contribution < 1.29 is 17.9 Å². The van der Waals surface area contributed by atoms with Gasteiger partial charge in [0.1, 0.15) is 10.1 Å². The van der Waals surface area contributed by atoms with Crippen molar-refractivity contribution in [2.75, 3.05) is 6.61 Å². The average molecular weight is 285 g/mol. The molecule has 0 aromatic heterocycles. The first-order valence-electron chi connectivity index (χ1n) is 4.97. The number of alkyl halides is 5. The Bertz CT molecular complexity index is 417. The second-order valence-electron chi connectivity index (χ2n) is 4.00. The van der Waals surface area contributed by atoms with Crippen LogP contribution in [0, 0.1) is 5.92 Å². The molecule has 6 heteroatoms. The molecule has 1 fully saturated rings. The predicted molar refractivity (Wildman–Crippen MR) is 59.5 cm³/mol. The van der Waals surface area contributed by atoms with Gasteiger partial charge >= 0.3 is 6.18 Å². The van der Waals surface area contributed by atoms with Crippen molar-refractivity contribution in [1.82, 2.24) is 0 Å². The lowest BCUT2D eigenvalue weighted by molar-refractivity contribution is -0.137. The summed E-state index contributed by atoms with van der Waals surface area (Å²) >= 11 is 11.6. The van der Waals surface area contributed by atoms with Crippen LogP contribution < -0.4 is 4.74 Å². The van der Waals surface area contributed by atoms with Crippen LogP contribution in [0.15, 0.2) is 24.3 Å². The SMILES string of the molecule is FC(F)(F)c1cccc(OCC2CC2(Cl)Cl)c1. The number of halogens is 5. The maximum absolute atomic E-state index is 12.4. The van der Waals surface area contributed by atoms with Gasteiger partial charge < -0.3 is 4.74 Å². The third-order valence-electron chi connectivity index (χ3n) is 2.57. The Labute approximate surface area is 106 Å². The molecule has 1 aliphatic rings. The topological polar surface area (TPSA) is 9.23 Å². The van der Waals surface area contributed by atoms with E-state index in [2.05, 4.69) is 0 Å². The van der Waals surface area contributed by atoms with Crippen molar-refractivity contribution >= 4 is 23.2 Å². The monoisotopic (exact) mass is 284 g/mol. The van der Waals surface area contributed by atoms with Gasteiger partial charge in [-0.1, -0.05) is 6.07 Å². The lowest BCUT2D eigenvalue weighted by Crippen LogP contribution is -2.07. The molecule has 17 heavy (non-hydrogen) atoms. The molecule has 0 heterocycles. The first kappa shape index (κ1) is 12.8. The minimum Gasteiger partial charge on any atom is -0.493 e. The predicted octanol–water partition coefficient (Wildman–Crippen LogP) is 4.28. The second-order valence-corrected chi connectivity index (χ2v) is 5.54. The summed E-state index contributed by atoms with van der Waals surface area (Å²) in [5.74, 6) is 0.163. The minimum atomic E-state index is -4.36. The highest BCUT2D eigenvalue weighted by Crippen LogP contribution is 2.53.